The summed E-state index contributed by atoms with van der Waals surface area (Å²) in [6, 6.07) is 13.5. The van der Waals surface area contributed by atoms with Crippen LogP contribution in [0.15, 0.2) is 42.5 Å². The first-order valence-corrected chi connectivity index (χ1v) is 14.1. The van der Waals surface area contributed by atoms with E-state index in [0.29, 0.717) is 28.9 Å². The molecule has 0 radical (unpaired) electrons. The molecule has 2 unspecified atom stereocenters. The number of ether oxygens (including phenoxy) is 1. The van der Waals surface area contributed by atoms with Crippen molar-refractivity contribution >= 4 is 39.1 Å². The summed E-state index contributed by atoms with van der Waals surface area (Å²) in [6.07, 6.45) is 3.96. The lowest BCUT2D eigenvalue weighted by Gasteiger charge is -2.34. The molecule has 202 valence electrons. The quantitative estimate of drug-likeness (QED) is 0.356. The predicted octanol–water partition coefficient (Wildman–Crippen LogP) is 5.36. The van der Waals surface area contributed by atoms with Gasteiger partial charge in [-0.2, -0.15) is 9.97 Å². The number of hydrogen-bond acceptors (Lipinski definition) is 7. The third-order valence-corrected chi connectivity index (χ3v) is 8.71. The van der Waals surface area contributed by atoms with Gasteiger partial charge in [0.15, 0.2) is 5.82 Å². The molecule has 3 saturated heterocycles. The van der Waals surface area contributed by atoms with Crippen molar-refractivity contribution in [2.45, 2.75) is 43.9 Å². The van der Waals surface area contributed by atoms with Crippen LogP contribution in [0.25, 0.3) is 32.8 Å². The zero-order valence-corrected chi connectivity index (χ0v) is 22.6. The number of halogens is 2. The van der Waals surface area contributed by atoms with Crippen molar-refractivity contribution in [1.82, 2.24) is 20.2 Å². The third-order valence-electron chi connectivity index (χ3n) is 8.41. The Hall–Kier alpha value is -3.20. The summed E-state index contributed by atoms with van der Waals surface area (Å²) in [5.41, 5.74) is 0.917. The van der Waals surface area contributed by atoms with Gasteiger partial charge in [-0.25, -0.2) is 4.39 Å². The standard InChI is InChI=1S/C30H31ClFN5O2/c1-36-10-8-21(9-11-36)39-30-34-28-24(29(35-30)37-15-18-6-7-19(16-37)33-18)14-25(31)26(27(28)32)23-13-20(38)12-17-4-2-3-5-22(17)23/h2-5,12-14,18-19,21,33,38H,6-11,15-16H2,1H3. The number of nitrogens with zero attached hydrogens (tertiary/aromatic N) is 4. The van der Waals surface area contributed by atoms with Crippen molar-refractivity contribution in [1.29, 1.82) is 0 Å². The van der Waals surface area contributed by atoms with Crippen molar-refractivity contribution < 1.29 is 14.2 Å². The number of phenols is 1. The summed E-state index contributed by atoms with van der Waals surface area (Å²) in [4.78, 5) is 14.0. The van der Waals surface area contributed by atoms with Crippen LogP contribution in [0.1, 0.15) is 25.7 Å². The van der Waals surface area contributed by atoms with E-state index < -0.39 is 5.82 Å². The van der Waals surface area contributed by atoms with Gasteiger partial charge in [-0.1, -0.05) is 35.9 Å². The molecule has 7 nitrogen and oxygen atoms in total. The molecule has 1 aromatic heterocycles. The van der Waals surface area contributed by atoms with E-state index in [9.17, 15) is 5.11 Å². The van der Waals surface area contributed by atoms with Gasteiger partial charge < -0.3 is 25.0 Å². The Balaban J connectivity index is 1.40. The Morgan fingerprint density at radius 3 is 2.51 bits per heavy atom. The highest BCUT2D eigenvalue weighted by atomic mass is 35.5. The normalized spacial score (nSPS) is 22.2. The fraction of sp³-hybridized carbons (Fsp3) is 0.400. The summed E-state index contributed by atoms with van der Waals surface area (Å²) < 4.78 is 23.0. The Kier molecular flexibility index (Phi) is 6.21. The topological polar surface area (TPSA) is 73.8 Å². The van der Waals surface area contributed by atoms with Gasteiger partial charge in [-0.05, 0) is 67.3 Å². The van der Waals surface area contributed by atoms with Crippen molar-refractivity contribution in [3.8, 4) is 22.9 Å². The number of benzene rings is 3. The first-order chi connectivity index (χ1) is 18.9. The SMILES string of the molecule is CN1CCC(Oc2nc(N3CC4CCC(C3)N4)c3cc(Cl)c(-c4cc(O)cc5ccccc45)c(F)c3n2)CC1. The molecule has 9 heteroatoms. The average molecular weight is 548 g/mol. The number of anilines is 1. The van der Waals surface area contributed by atoms with Crippen LogP contribution in [-0.2, 0) is 0 Å². The maximum atomic E-state index is 16.6. The van der Waals surface area contributed by atoms with Crippen LogP contribution in [0.3, 0.4) is 0 Å². The highest BCUT2D eigenvalue weighted by Gasteiger charge is 2.34. The number of fused-ring (bicyclic) bond motifs is 4. The van der Waals surface area contributed by atoms with E-state index in [1.54, 1.807) is 18.2 Å². The van der Waals surface area contributed by atoms with Gasteiger partial charge >= 0.3 is 6.01 Å². The molecule has 7 rings (SSSR count). The second kappa shape index (κ2) is 9.77. The van der Waals surface area contributed by atoms with Crippen LogP contribution in [0, 0.1) is 5.82 Å². The molecule has 4 heterocycles. The van der Waals surface area contributed by atoms with Gasteiger partial charge in [-0.15, -0.1) is 0 Å². The second-order valence-electron chi connectivity index (χ2n) is 11.2. The van der Waals surface area contributed by atoms with Gasteiger partial charge in [0.2, 0.25) is 0 Å². The van der Waals surface area contributed by atoms with Crippen molar-refractivity contribution in [2.24, 2.45) is 0 Å². The van der Waals surface area contributed by atoms with Crippen LogP contribution in [0.4, 0.5) is 10.2 Å². The number of likely N-dealkylation sites (tertiary alicyclic amines) is 1. The van der Waals surface area contributed by atoms with E-state index in [0.717, 1.165) is 62.6 Å². The molecule has 2 atom stereocenters. The molecule has 3 fully saturated rings. The van der Waals surface area contributed by atoms with Crippen LogP contribution in [0.2, 0.25) is 5.02 Å². The monoisotopic (exact) mass is 547 g/mol. The molecule has 0 spiro atoms. The second-order valence-corrected chi connectivity index (χ2v) is 11.6. The molecule has 0 amide bonds. The smallest absolute Gasteiger partial charge is 0.319 e. The summed E-state index contributed by atoms with van der Waals surface area (Å²) in [7, 11) is 2.10. The number of piperidine rings is 1. The lowest BCUT2D eigenvalue weighted by Crippen LogP contribution is -2.51. The lowest BCUT2D eigenvalue weighted by atomic mass is 9.96. The third kappa shape index (κ3) is 4.54. The van der Waals surface area contributed by atoms with Crippen LogP contribution in [0.5, 0.6) is 11.8 Å². The van der Waals surface area contributed by atoms with Gasteiger partial charge in [0.25, 0.3) is 0 Å². The van der Waals surface area contributed by atoms with Gasteiger partial charge in [0.05, 0.1) is 5.02 Å². The predicted molar refractivity (Wildman–Crippen MR) is 152 cm³/mol. The molecule has 2 N–H and O–H groups in total. The molecule has 2 bridgehead atoms. The number of phenolic OH excluding ortho intramolecular Hbond substituents is 1. The molecule has 0 aliphatic carbocycles. The first kappa shape index (κ1) is 24.8. The largest absolute Gasteiger partial charge is 0.508 e. The number of aromatic nitrogens is 2. The zero-order chi connectivity index (χ0) is 26.7. The number of rotatable bonds is 4. The van der Waals surface area contributed by atoms with E-state index in [4.69, 9.17) is 21.3 Å². The van der Waals surface area contributed by atoms with Gasteiger partial charge in [0.1, 0.15) is 23.2 Å². The minimum absolute atomic E-state index is 0.0180. The van der Waals surface area contributed by atoms with Crippen molar-refractivity contribution in [2.75, 3.05) is 38.1 Å². The molecule has 0 saturated carbocycles. The Morgan fingerprint density at radius 1 is 1.00 bits per heavy atom. The van der Waals surface area contributed by atoms with E-state index in [2.05, 4.69) is 27.1 Å². The molecule has 3 aromatic carbocycles. The number of aromatic hydroxyl groups is 1. The molecule has 3 aliphatic heterocycles. The summed E-state index contributed by atoms with van der Waals surface area (Å²) in [5.74, 6) is 0.169. The summed E-state index contributed by atoms with van der Waals surface area (Å²) in [5, 5.41) is 16.5. The van der Waals surface area contributed by atoms with Crippen molar-refractivity contribution in [3.05, 3.63) is 53.3 Å². The Morgan fingerprint density at radius 2 is 1.74 bits per heavy atom. The molecule has 3 aliphatic rings. The molecular weight excluding hydrogens is 517 g/mol. The maximum absolute atomic E-state index is 16.6. The van der Waals surface area contributed by atoms with E-state index in [1.165, 1.54) is 0 Å². The summed E-state index contributed by atoms with van der Waals surface area (Å²) in [6.45, 7) is 3.44. The molecular formula is C30H31ClFN5O2. The minimum atomic E-state index is -0.539. The minimum Gasteiger partial charge on any atom is -0.508 e. The van der Waals surface area contributed by atoms with Crippen LogP contribution in [-0.4, -0.2) is 71.4 Å². The first-order valence-electron chi connectivity index (χ1n) is 13.7. The number of hydrogen-bond donors (Lipinski definition) is 2. The zero-order valence-electron chi connectivity index (χ0n) is 21.8. The fourth-order valence-corrected chi connectivity index (χ4v) is 6.72. The van der Waals surface area contributed by atoms with Crippen molar-refractivity contribution in [3.63, 3.8) is 0 Å². The molecule has 4 aromatic rings. The van der Waals surface area contributed by atoms with E-state index in [1.807, 2.05) is 24.3 Å². The maximum Gasteiger partial charge on any atom is 0.319 e. The lowest BCUT2D eigenvalue weighted by molar-refractivity contribution is 0.105. The Labute approximate surface area is 231 Å². The van der Waals surface area contributed by atoms with Gasteiger partial charge in [-0.3, -0.25) is 0 Å². The van der Waals surface area contributed by atoms with E-state index in [-0.39, 0.29) is 34.0 Å². The number of piperazine rings is 1. The van der Waals surface area contributed by atoms with E-state index >= 15 is 4.39 Å². The Bertz CT molecular complexity index is 1560. The van der Waals surface area contributed by atoms with Crippen LogP contribution >= 0.6 is 11.6 Å². The summed E-state index contributed by atoms with van der Waals surface area (Å²) >= 11 is 6.84. The van der Waals surface area contributed by atoms with Gasteiger partial charge in [0, 0.05) is 49.2 Å². The molecule has 39 heavy (non-hydrogen) atoms. The highest BCUT2D eigenvalue weighted by molar-refractivity contribution is 6.35. The average Bonchev–Trinajstić information content (AvgIpc) is 3.27. The highest BCUT2D eigenvalue weighted by Crippen LogP contribution is 2.43. The number of nitrogens with one attached hydrogen (secondary N) is 1. The fourth-order valence-electron chi connectivity index (χ4n) is 6.42. The van der Waals surface area contributed by atoms with Crippen LogP contribution < -0.4 is 15.0 Å².